The maximum absolute atomic E-state index is 11.3. The minimum absolute atomic E-state index is 0. The van der Waals surface area contributed by atoms with Crippen molar-refractivity contribution in [1.29, 1.82) is 0 Å². The smallest absolute Gasteiger partial charge is 0.305 e. The van der Waals surface area contributed by atoms with Crippen LogP contribution in [0, 0.1) is 5.92 Å². The molecule has 0 bridgehead atoms. The van der Waals surface area contributed by atoms with Gasteiger partial charge in [-0.15, -0.1) is 24.0 Å². The molecule has 140 valence electrons. The molecule has 1 aliphatic rings. The summed E-state index contributed by atoms with van der Waals surface area (Å²) >= 11 is 0. The van der Waals surface area contributed by atoms with Gasteiger partial charge in [-0.05, 0) is 37.7 Å². The van der Waals surface area contributed by atoms with E-state index in [4.69, 9.17) is 4.74 Å². The van der Waals surface area contributed by atoms with Crippen molar-refractivity contribution in [2.24, 2.45) is 10.9 Å². The number of hydrogen-bond acceptors (Lipinski definition) is 3. The van der Waals surface area contributed by atoms with Crippen LogP contribution < -0.4 is 5.32 Å². The summed E-state index contributed by atoms with van der Waals surface area (Å²) < 4.78 is 4.94. The van der Waals surface area contributed by atoms with Crippen molar-refractivity contribution >= 4 is 35.9 Å². The SMILES string of the molecule is CCOC(=O)CCCNC(=NC)N1CCC(Cc2ccccc2)C1.I. The molecule has 1 N–H and O–H groups in total. The maximum atomic E-state index is 11.3. The van der Waals surface area contributed by atoms with Crippen LogP contribution in [0.4, 0.5) is 0 Å². The number of carbonyl (C=O) groups excluding carboxylic acids is 1. The van der Waals surface area contributed by atoms with E-state index in [1.165, 1.54) is 12.0 Å². The summed E-state index contributed by atoms with van der Waals surface area (Å²) in [6.07, 6.45) is 3.53. The summed E-state index contributed by atoms with van der Waals surface area (Å²) in [6, 6.07) is 10.7. The third-order valence-electron chi connectivity index (χ3n) is 4.31. The zero-order valence-corrected chi connectivity index (χ0v) is 17.6. The van der Waals surface area contributed by atoms with Crippen LogP contribution in [0.15, 0.2) is 35.3 Å². The number of rotatable bonds is 7. The van der Waals surface area contributed by atoms with E-state index >= 15 is 0 Å². The molecule has 0 amide bonds. The molecule has 0 radical (unpaired) electrons. The first-order chi connectivity index (χ1) is 11.7. The van der Waals surface area contributed by atoms with E-state index in [1.807, 2.05) is 14.0 Å². The highest BCUT2D eigenvalue weighted by Crippen LogP contribution is 2.20. The molecule has 1 aliphatic heterocycles. The number of guanidine groups is 1. The lowest BCUT2D eigenvalue weighted by molar-refractivity contribution is -0.143. The monoisotopic (exact) mass is 459 g/mol. The van der Waals surface area contributed by atoms with Crippen molar-refractivity contribution in [2.45, 2.75) is 32.6 Å². The first kappa shape index (κ1) is 21.7. The Bertz CT molecular complexity index is 537. The van der Waals surface area contributed by atoms with Crippen LogP contribution in [-0.2, 0) is 16.0 Å². The van der Waals surface area contributed by atoms with Crippen LogP contribution in [0.25, 0.3) is 0 Å². The Kier molecular flexibility index (Phi) is 10.5. The van der Waals surface area contributed by atoms with Crippen molar-refractivity contribution in [3.63, 3.8) is 0 Å². The topological polar surface area (TPSA) is 53.9 Å². The number of nitrogens with zero attached hydrogens (tertiary/aromatic N) is 2. The van der Waals surface area contributed by atoms with Gasteiger partial charge in [0.05, 0.1) is 6.61 Å². The van der Waals surface area contributed by atoms with E-state index in [9.17, 15) is 4.79 Å². The van der Waals surface area contributed by atoms with Crippen LogP contribution in [0.2, 0.25) is 0 Å². The molecule has 0 aliphatic carbocycles. The van der Waals surface area contributed by atoms with Gasteiger partial charge in [-0.3, -0.25) is 9.79 Å². The molecule has 0 saturated carbocycles. The van der Waals surface area contributed by atoms with E-state index in [0.717, 1.165) is 38.4 Å². The molecule has 0 aromatic heterocycles. The van der Waals surface area contributed by atoms with Gasteiger partial charge in [0.15, 0.2) is 5.96 Å². The number of aliphatic imine (C=N–C) groups is 1. The fourth-order valence-electron chi connectivity index (χ4n) is 3.14. The summed E-state index contributed by atoms with van der Waals surface area (Å²) in [7, 11) is 1.82. The summed E-state index contributed by atoms with van der Waals surface area (Å²) in [5.41, 5.74) is 1.40. The van der Waals surface area contributed by atoms with Crippen LogP contribution in [0.3, 0.4) is 0 Å². The molecule has 1 fully saturated rings. The average molecular weight is 459 g/mol. The molecule has 1 atom stereocenters. The number of benzene rings is 1. The molecule has 1 unspecified atom stereocenters. The molecule has 1 saturated heterocycles. The maximum Gasteiger partial charge on any atom is 0.305 e. The molecule has 1 heterocycles. The third-order valence-corrected chi connectivity index (χ3v) is 4.31. The van der Waals surface area contributed by atoms with Crippen LogP contribution in [0.5, 0.6) is 0 Å². The number of carbonyl (C=O) groups is 1. The van der Waals surface area contributed by atoms with Gasteiger partial charge in [0.1, 0.15) is 0 Å². The number of ether oxygens (including phenoxy) is 1. The molecular formula is C19H30IN3O2. The molecule has 5 nitrogen and oxygen atoms in total. The second kappa shape index (κ2) is 12.1. The molecular weight excluding hydrogens is 429 g/mol. The van der Waals surface area contributed by atoms with E-state index in [2.05, 4.69) is 45.5 Å². The Morgan fingerprint density at radius 3 is 2.80 bits per heavy atom. The fraction of sp³-hybridized carbons (Fsp3) is 0.579. The summed E-state index contributed by atoms with van der Waals surface area (Å²) in [6.45, 7) is 5.09. The second-order valence-electron chi connectivity index (χ2n) is 6.17. The van der Waals surface area contributed by atoms with Gasteiger partial charge in [0.25, 0.3) is 0 Å². The predicted octanol–water partition coefficient (Wildman–Crippen LogP) is 3.09. The Balaban J connectivity index is 0.00000312. The molecule has 2 rings (SSSR count). The van der Waals surface area contributed by atoms with Crippen molar-refractivity contribution in [3.05, 3.63) is 35.9 Å². The predicted molar refractivity (Wildman–Crippen MR) is 112 cm³/mol. The Morgan fingerprint density at radius 2 is 2.12 bits per heavy atom. The number of halogens is 1. The lowest BCUT2D eigenvalue weighted by Crippen LogP contribution is -2.40. The first-order valence-electron chi connectivity index (χ1n) is 8.88. The highest BCUT2D eigenvalue weighted by Gasteiger charge is 2.24. The van der Waals surface area contributed by atoms with Crippen molar-refractivity contribution < 1.29 is 9.53 Å². The van der Waals surface area contributed by atoms with Crippen LogP contribution in [0.1, 0.15) is 31.7 Å². The minimum Gasteiger partial charge on any atom is -0.466 e. The third kappa shape index (κ3) is 7.63. The zero-order valence-electron chi connectivity index (χ0n) is 15.2. The van der Waals surface area contributed by atoms with Gasteiger partial charge in [-0.1, -0.05) is 30.3 Å². The van der Waals surface area contributed by atoms with E-state index < -0.39 is 0 Å². The van der Waals surface area contributed by atoms with Crippen molar-refractivity contribution in [1.82, 2.24) is 10.2 Å². The highest BCUT2D eigenvalue weighted by atomic mass is 127. The Hall–Kier alpha value is -1.31. The van der Waals surface area contributed by atoms with Gasteiger partial charge in [0, 0.05) is 33.1 Å². The van der Waals surface area contributed by atoms with Crippen LogP contribution >= 0.6 is 24.0 Å². The first-order valence-corrected chi connectivity index (χ1v) is 8.88. The number of nitrogens with one attached hydrogen (secondary N) is 1. The van der Waals surface area contributed by atoms with Gasteiger partial charge in [-0.2, -0.15) is 0 Å². The molecule has 25 heavy (non-hydrogen) atoms. The molecule has 1 aromatic carbocycles. The van der Waals surface area contributed by atoms with Crippen LogP contribution in [-0.4, -0.2) is 50.1 Å². The molecule has 6 heteroatoms. The number of hydrogen-bond donors (Lipinski definition) is 1. The van der Waals surface area contributed by atoms with E-state index in [-0.39, 0.29) is 29.9 Å². The van der Waals surface area contributed by atoms with Crippen molar-refractivity contribution in [3.8, 4) is 0 Å². The fourth-order valence-corrected chi connectivity index (χ4v) is 3.14. The largest absolute Gasteiger partial charge is 0.466 e. The average Bonchev–Trinajstić information content (AvgIpc) is 3.04. The summed E-state index contributed by atoms with van der Waals surface area (Å²) in [5.74, 6) is 1.48. The van der Waals surface area contributed by atoms with Gasteiger partial charge < -0.3 is 15.0 Å². The Labute approximate surface area is 168 Å². The standard InChI is InChI=1S/C19H29N3O2.HI/c1-3-24-18(23)10-7-12-21-19(20-2)22-13-11-17(15-22)14-16-8-5-4-6-9-16;/h4-6,8-9,17H,3,7,10-15H2,1-2H3,(H,20,21);1H. The normalized spacial score (nSPS) is 17.1. The lowest BCUT2D eigenvalue weighted by Gasteiger charge is -2.21. The van der Waals surface area contributed by atoms with E-state index in [0.29, 0.717) is 18.9 Å². The molecule has 1 aromatic rings. The second-order valence-corrected chi connectivity index (χ2v) is 6.17. The van der Waals surface area contributed by atoms with Gasteiger partial charge in [0.2, 0.25) is 0 Å². The quantitative estimate of drug-likeness (QED) is 0.224. The number of likely N-dealkylation sites (tertiary alicyclic amines) is 1. The lowest BCUT2D eigenvalue weighted by atomic mass is 9.99. The van der Waals surface area contributed by atoms with E-state index in [1.54, 1.807) is 0 Å². The molecule has 0 spiro atoms. The summed E-state index contributed by atoms with van der Waals surface area (Å²) in [5, 5.41) is 3.36. The summed E-state index contributed by atoms with van der Waals surface area (Å²) in [4.78, 5) is 18.0. The highest BCUT2D eigenvalue weighted by molar-refractivity contribution is 14.0. The minimum atomic E-state index is -0.126. The zero-order chi connectivity index (χ0) is 17.2. The van der Waals surface area contributed by atoms with Gasteiger partial charge >= 0.3 is 5.97 Å². The van der Waals surface area contributed by atoms with Gasteiger partial charge in [-0.25, -0.2) is 0 Å². The Morgan fingerprint density at radius 1 is 1.36 bits per heavy atom. The number of esters is 1. The van der Waals surface area contributed by atoms with Crippen molar-refractivity contribution in [2.75, 3.05) is 33.3 Å².